The minimum atomic E-state index is -0.470. The monoisotopic (exact) mass is 284 g/mol. The molecule has 0 saturated heterocycles. The number of halogens is 1. The van der Waals surface area contributed by atoms with Gasteiger partial charge in [-0.1, -0.05) is 34.1 Å². The summed E-state index contributed by atoms with van der Waals surface area (Å²) in [6.45, 7) is 0. The molecule has 0 spiro atoms. The number of hydrogen-bond donors (Lipinski definition) is 0. The first-order valence-electron chi connectivity index (χ1n) is 4.97. The Balaban J connectivity index is 2.94. The quantitative estimate of drug-likeness (QED) is 0.474. The van der Waals surface area contributed by atoms with E-state index in [0.29, 0.717) is 17.5 Å². The zero-order valence-electron chi connectivity index (χ0n) is 9.03. The molecule has 86 valence electrons. The molecule has 0 aliphatic carbocycles. The molecule has 0 bridgehead atoms. The van der Waals surface area contributed by atoms with Crippen molar-refractivity contribution in [3.63, 3.8) is 0 Å². The first-order valence-corrected chi connectivity index (χ1v) is 6.09. The van der Waals surface area contributed by atoms with Crippen LogP contribution in [0.2, 0.25) is 0 Å². The van der Waals surface area contributed by atoms with Crippen molar-refractivity contribution in [2.75, 3.05) is 12.4 Å². The summed E-state index contributed by atoms with van der Waals surface area (Å²) in [6, 6.07) is 6.72. The summed E-state index contributed by atoms with van der Waals surface area (Å²) in [7, 11) is 1.31. The molecule has 0 atom stereocenters. The van der Waals surface area contributed by atoms with Gasteiger partial charge in [0.05, 0.1) is 12.7 Å². The fourth-order valence-electron chi connectivity index (χ4n) is 1.38. The lowest BCUT2D eigenvalue weighted by Crippen LogP contribution is -2.10. The van der Waals surface area contributed by atoms with Crippen molar-refractivity contribution in [2.45, 2.75) is 12.8 Å². The van der Waals surface area contributed by atoms with E-state index in [-0.39, 0.29) is 5.78 Å². The molecule has 0 amide bonds. The first-order chi connectivity index (χ1) is 7.70. The van der Waals surface area contributed by atoms with Crippen molar-refractivity contribution >= 4 is 27.7 Å². The fraction of sp³-hybridized carbons (Fsp3) is 0.333. The van der Waals surface area contributed by atoms with E-state index in [0.717, 1.165) is 11.8 Å². The molecule has 1 aromatic carbocycles. The zero-order valence-corrected chi connectivity index (χ0v) is 10.6. The summed E-state index contributed by atoms with van der Waals surface area (Å²) in [5.41, 5.74) is 0.778. The van der Waals surface area contributed by atoms with E-state index < -0.39 is 5.97 Å². The lowest BCUT2D eigenvalue weighted by molar-refractivity contribution is 0.0597. The third-order valence-corrected chi connectivity index (χ3v) is 2.73. The summed E-state index contributed by atoms with van der Waals surface area (Å²) in [5.74, 6) is -0.497. The van der Waals surface area contributed by atoms with Crippen LogP contribution in [-0.4, -0.2) is 24.2 Å². The highest BCUT2D eigenvalue weighted by atomic mass is 79.9. The molecule has 0 aliphatic rings. The highest BCUT2D eigenvalue weighted by Crippen LogP contribution is 2.13. The fourth-order valence-corrected chi connectivity index (χ4v) is 1.66. The highest BCUT2D eigenvalue weighted by molar-refractivity contribution is 9.09. The predicted octanol–water partition coefficient (Wildman–Crippen LogP) is 2.83. The predicted molar refractivity (Wildman–Crippen MR) is 65.1 cm³/mol. The smallest absolute Gasteiger partial charge is 0.338 e. The molecule has 16 heavy (non-hydrogen) atoms. The Kier molecular flexibility index (Phi) is 5.19. The van der Waals surface area contributed by atoms with Crippen LogP contribution in [0.5, 0.6) is 0 Å². The molecule has 0 saturated carbocycles. The summed E-state index contributed by atoms with van der Waals surface area (Å²) in [6.07, 6.45) is 1.19. The number of ether oxygens (including phenoxy) is 1. The number of rotatable bonds is 5. The highest BCUT2D eigenvalue weighted by Gasteiger charge is 2.16. The molecular formula is C12H13BrO3. The average molecular weight is 285 g/mol. The number of carbonyl (C=O) groups is 2. The number of carbonyl (C=O) groups excluding carboxylic acids is 2. The number of methoxy groups -OCH3 is 1. The van der Waals surface area contributed by atoms with E-state index in [4.69, 9.17) is 0 Å². The van der Waals surface area contributed by atoms with Crippen molar-refractivity contribution in [3.8, 4) is 0 Å². The third kappa shape index (κ3) is 3.17. The molecule has 1 aromatic rings. The van der Waals surface area contributed by atoms with E-state index in [1.807, 2.05) is 0 Å². The van der Waals surface area contributed by atoms with Gasteiger partial charge in [0.25, 0.3) is 0 Å². The molecule has 0 aliphatic heterocycles. The van der Waals surface area contributed by atoms with E-state index in [9.17, 15) is 9.59 Å². The van der Waals surface area contributed by atoms with E-state index in [1.54, 1.807) is 24.3 Å². The topological polar surface area (TPSA) is 43.4 Å². The lowest BCUT2D eigenvalue weighted by Gasteiger charge is -2.05. The summed E-state index contributed by atoms with van der Waals surface area (Å²) >= 11 is 3.27. The zero-order chi connectivity index (χ0) is 12.0. The maximum atomic E-state index is 11.8. The Hall–Kier alpha value is -1.16. The Morgan fingerprint density at radius 1 is 1.25 bits per heavy atom. The summed E-state index contributed by atoms with van der Waals surface area (Å²) in [4.78, 5) is 23.2. The Morgan fingerprint density at radius 3 is 2.44 bits per heavy atom. The van der Waals surface area contributed by atoms with Gasteiger partial charge in [0.2, 0.25) is 0 Å². The van der Waals surface area contributed by atoms with Crippen LogP contribution in [-0.2, 0) is 4.74 Å². The molecule has 0 unspecified atom stereocenters. The molecule has 3 nitrogen and oxygen atoms in total. The molecule has 0 N–H and O–H groups in total. The molecule has 0 aromatic heterocycles. The third-order valence-electron chi connectivity index (χ3n) is 2.17. The van der Waals surface area contributed by atoms with Gasteiger partial charge >= 0.3 is 5.97 Å². The molecule has 1 rings (SSSR count). The van der Waals surface area contributed by atoms with Crippen LogP contribution < -0.4 is 0 Å². The molecule has 0 heterocycles. The van der Waals surface area contributed by atoms with Crippen LogP contribution >= 0.6 is 15.9 Å². The number of hydrogen-bond acceptors (Lipinski definition) is 3. The van der Waals surface area contributed by atoms with Gasteiger partial charge in [0.15, 0.2) is 5.78 Å². The van der Waals surface area contributed by atoms with Crippen LogP contribution in [0.15, 0.2) is 24.3 Å². The normalized spacial score (nSPS) is 9.88. The second kappa shape index (κ2) is 6.43. The van der Waals surface area contributed by atoms with Crippen molar-refractivity contribution in [1.82, 2.24) is 0 Å². The van der Waals surface area contributed by atoms with E-state index in [2.05, 4.69) is 20.7 Å². The lowest BCUT2D eigenvalue weighted by atomic mass is 10.0. The van der Waals surface area contributed by atoms with Crippen LogP contribution in [0.1, 0.15) is 33.6 Å². The Bertz CT molecular complexity index is 388. The maximum Gasteiger partial charge on any atom is 0.338 e. The van der Waals surface area contributed by atoms with Gasteiger partial charge < -0.3 is 4.74 Å². The van der Waals surface area contributed by atoms with Crippen molar-refractivity contribution < 1.29 is 14.3 Å². The maximum absolute atomic E-state index is 11.8. The SMILES string of the molecule is COC(=O)c1ccccc1C(=O)CCCBr. The van der Waals surface area contributed by atoms with Gasteiger partial charge in [-0.05, 0) is 12.5 Å². The van der Waals surface area contributed by atoms with Crippen LogP contribution in [0.4, 0.5) is 0 Å². The van der Waals surface area contributed by atoms with Crippen molar-refractivity contribution in [2.24, 2.45) is 0 Å². The van der Waals surface area contributed by atoms with Crippen LogP contribution in [0.3, 0.4) is 0 Å². The van der Waals surface area contributed by atoms with Gasteiger partial charge in [-0.3, -0.25) is 4.79 Å². The summed E-state index contributed by atoms with van der Waals surface area (Å²) in [5, 5.41) is 0.777. The largest absolute Gasteiger partial charge is 0.465 e. The van der Waals surface area contributed by atoms with Gasteiger partial charge in [-0.15, -0.1) is 0 Å². The average Bonchev–Trinajstić information content (AvgIpc) is 2.35. The number of Topliss-reactive ketones (excluding diaryl/α,β-unsaturated/α-hetero) is 1. The van der Waals surface area contributed by atoms with Crippen LogP contribution in [0, 0.1) is 0 Å². The Morgan fingerprint density at radius 2 is 1.88 bits per heavy atom. The van der Waals surface area contributed by atoms with Gasteiger partial charge in [-0.2, -0.15) is 0 Å². The number of esters is 1. The van der Waals surface area contributed by atoms with Gasteiger partial charge in [0, 0.05) is 17.3 Å². The molecule has 0 radical (unpaired) electrons. The van der Waals surface area contributed by atoms with Gasteiger partial charge in [-0.25, -0.2) is 4.79 Å². The second-order valence-corrected chi connectivity index (χ2v) is 4.05. The molecular weight excluding hydrogens is 272 g/mol. The van der Waals surface area contributed by atoms with Gasteiger partial charge in [0.1, 0.15) is 0 Å². The summed E-state index contributed by atoms with van der Waals surface area (Å²) < 4.78 is 4.63. The van der Waals surface area contributed by atoms with Crippen molar-refractivity contribution in [3.05, 3.63) is 35.4 Å². The molecule has 4 heteroatoms. The van der Waals surface area contributed by atoms with Crippen LogP contribution in [0.25, 0.3) is 0 Å². The number of alkyl halides is 1. The Labute approximate surface area is 103 Å². The number of ketones is 1. The van der Waals surface area contributed by atoms with E-state index >= 15 is 0 Å². The molecule has 0 fully saturated rings. The first kappa shape index (κ1) is 12.9. The minimum absolute atomic E-state index is 0.0274. The standard InChI is InChI=1S/C12H13BrO3/c1-16-12(15)10-6-3-2-5-9(10)11(14)7-4-8-13/h2-3,5-6H,4,7-8H2,1H3. The second-order valence-electron chi connectivity index (χ2n) is 3.25. The van der Waals surface area contributed by atoms with E-state index in [1.165, 1.54) is 7.11 Å². The number of benzene rings is 1. The minimum Gasteiger partial charge on any atom is -0.465 e. The van der Waals surface area contributed by atoms with Crippen molar-refractivity contribution in [1.29, 1.82) is 0 Å².